The van der Waals surface area contributed by atoms with Crippen molar-refractivity contribution in [2.24, 2.45) is 5.92 Å². The van der Waals surface area contributed by atoms with Crippen molar-refractivity contribution in [2.75, 3.05) is 23.7 Å². The molecule has 0 amide bonds. The van der Waals surface area contributed by atoms with Crippen LogP contribution in [0.3, 0.4) is 0 Å². The molecule has 19 heavy (non-hydrogen) atoms. The van der Waals surface area contributed by atoms with Crippen molar-refractivity contribution in [1.29, 1.82) is 0 Å². The Hall–Kier alpha value is -0.910. The molecular weight excluding hydrogens is 321 g/mol. The number of alkyl halides is 3. The number of nitrogens with two attached hydrogens (primary N) is 1. The Labute approximate surface area is 118 Å². The molecule has 1 heterocycles. The molecule has 1 fully saturated rings. The van der Waals surface area contributed by atoms with Crippen LogP contribution in [-0.2, 0) is 0 Å². The molecule has 0 spiro atoms. The molecule has 0 aliphatic carbocycles. The topological polar surface area (TPSA) is 29.3 Å². The number of nitrogens with zero attached hydrogens (tertiary/aromatic N) is 1. The smallest absolute Gasteiger partial charge is 0.393 e. The van der Waals surface area contributed by atoms with Crippen molar-refractivity contribution in [3.8, 4) is 0 Å². The number of benzene rings is 1. The van der Waals surface area contributed by atoms with Gasteiger partial charge in [0.05, 0.1) is 11.6 Å². The van der Waals surface area contributed by atoms with Gasteiger partial charge in [-0.15, -0.1) is 0 Å². The number of nitrogen functional groups attached to an aromatic ring is 1. The third-order valence-electron chi connectivity index (χ3n) is 3.56. The zero-order chi connectivity index (χ0) is 14.2. The maximum absolute atomic E-state index is 12.8. The lowest BCUT2D eigenvalue weighted by Gasteiger charge is -2.36. The van der Waals surface area contributed by atoms with E-state index in [1.54, 1.807) is 11.0 Å². The Morgan fingerprint density at radius 1 is 1.37 bits per heavy atom. The van der Waals surface area contributed by atoms with E-state index in [1.807, 2.05) is 13.0 Å². The van der Waals surface area contributed by atoms with Gasteiger partial charge in [0.25, 0.3) is 0 Å². The second-order valence-electron chi connectivity index (χ2n) is 4.99. The number of piperidine rings is 1. The number of aryl methyl sites for hydroxylation is 1. The molecule has 1 atom stereocenters. The molecule has 2 nitrogen and oxygen atoms in total. The monoisotopic (exact) mass is 336 g/mol. The van der Waals surface area contributed by atoms with Gasteiger partial charge in [0.1, 0.15) is 0 Å². The Morgan fingerprint density at radius 3 is 2.68 bits per heavy atom. The third kappa shape index (κ3) is 3.16. The summed E-state index contributed by atoms with van der Waals surface area (Å²) >= 11 is 3.38. The van der Waals surface area contributed by atoms with E-state index in [0.717, 1.165) is 15.7 Å². The Kier molecular flexibility index (Phi) is 3.99. The van der Waals surface area contributed by atoms with Gasteiger partial charge in [0.15, 0.2) is 0 Å². The van der Waals surface area contributed by atoms with Crippen LogP contribution in [0.4, 0.5) is 24.5 Å². The highest BCUT2D eigenvalue weighted by Gasteiger charge is 2.42. The molecular formula is C13H16BrF3N2. The van der Waals surface area contributed by atoms with E-state index in [-0.39, 0.29) is 13.0 Å². The summed E-state index contributed by atoms with van der Waals surface area (Å²) in [4.78, 5) is 1.79. The minimum Gasteiger partial charge on any atom is -0.398 e. The van der Waals surface area contributed by atoms with Crippen LogP contribution in [0, 0.1) is 12.8 Å². The molecule has 6 heteroatoms. The summed E-state index contributed by atoms with van der Waals surface area (Å²) in [6.07, 6.45) is -3.35. The maximum atomic E-state index is 12.8. The minimum absolute atomic E-state index is 0.0193. The zero-order valence-electron chi connectivity index (χ0n) is 10.6. The standard InChI is InChI=1S/C13H16BrF3N2/c1-8-5-12(10(14)6-11(8)18)19-4-2-3-9(7-19)13(15,16)17/h5-6,9H,2-4,7,18H2,1H3. The van der Waals surface area contributed by atoms with Crippen LogP contribution < -0.4 is 10.6 Å². The predicted molar refractivity (Wildman–Crippen MR) is 74.3 cm³/mol. The predicted octanol–water partition coefficient (Wildman–Crippen LogP) is 4.12. The molecule has 1 aliphatic rings. The molecule has 2 N–H and O–H groups in total. The van der Waals surface area contributed by atoms with Crippen LogP contribution in [0.1, 0.15) is 18.4 Å². The molecule has 106 valence electrons. The third-order valence-corrected chi connectivity index (χ3v) is 4.20. The molecule has 1 aromatic carbocycles. The lowest BCUT2D eigenvalue weighted by Crippen LogP contribution is -2.41. The highest BCUT2D eigenvalue weighted by molar-refractivity contribution is 9.10. The van der Waals surface area contributed by atoms with E-state index in [4.69, 9.17) is 5.73 Å². The minimum atomic E-state index is -4.12. The Balaban J connectivity index is 2.25. The lowest BCUT2D eigenvalue weighted by molar-refractivity contribution is -0.175. The average molecular weight is 337 g/mol. The van der Waals surface area contributed by atoms with Gasteiger partial charge in [-0.3, -0.25) is 0 Å². The fourth-order valence-electron chi connectivity index (χ4n) is 2.39. The van der Waals surface area contributed by atoms with Crippen molar-refractivity contribution >= 4 is 27.3 Å². The van der Waals surface area contributed by atoms with Crippen molar-refractivity contribution < 1.29 is 13.2 Å². The SMILES string of the molecule is Cc1cc(N2CCCC(C(F)(F)F)C2)c(Br)cc1N. The highest BCUT2D eigenvalue weighted by Crippen LogP contribution is 2.38. The van der Waals surface area contributed by atoms with Crippen molar-refractivity contribution in [1.82, 2.24) is 0 Å². The molecule has 0 saturated carbocycles. The van der Waals surface area contributed by atoms with E-state index < -0.39 is 12.1 Å². The molecule has 2 rings (SSSR count). The van der Waals surface area contributed by atoms with Crippen LogP contribution in [0.25, 0.3) is 0 Å². The largest absolute Gasteiger partial charge is 0.398 e. The van der Waals surface area contributed by atoms with Crippen LogP contribution in [0.15, 0.2) is 16.6 Å². The quantitative estimate of drug-likeness (QED) is 0.781. The van der Waals surface area contributed by atoms with E-state index >= 15 is 0 Å². The van der Waals surface area contributed by atoms with Gasteiger partial charge in [0, 0.05) is 23.2 Å². The summed E-state index contributed by atoms with van der Waals surface area (Å²) in [6.45, 7) is 2.52. The molecule has 1 aliphatic heterocycles. The van der Waals surface area contributed by atoms with Crippen molar-refractivity contribution in [3.05, 3.63) is 22.2 Å². The van der Waals surface area contributed by atoms with Crippen LogP contribution in [0.5, 0.6) is 0 Å². The summed E-state index contributed by atoms with van der Waals surface area (Å²) in [6, 6.07) is 3.60. The van der Waals surface area contributed by atoms with Gasteiger partial charge >= 0.3 is 6.18 Å². The molecule has 0 radical (unpaired) electrons. The summed E-state index contributed by atoms with van der Waals surface area (Å²) < 4.78 is 39.2. The number of rotatable bonds is 1. The summed E-state index contributed by atoms with van der Waals surface area (Å²) in [7, 11) is 0. The Bertz CT molecular complexity index is 474. The molecule has 0 bridgehead atoms. The van der Waals surface area contributed by atoms with Gasteiger partial charge in [0.2, 0.25) is 0 Å². The van der Waals surface area contributed by atoms with Gasteiger partial charge in [-0.05, 0) is 53.4 Å². The first kappa shape index (κ1) is 14.5. The van der Waals surface area contributed by atoms with Crippen molar-refractivity contribution in [2.45, 2.75) is 25.9 Å². The molecule has 1 saturated heterocycles. The second kappa shape index (κ2) is 5.23. The summed E-state index contributed by atoms with van der Waals surface area (Å²) in [5.41, 5.74) is 8.10. The van der Waals surface area contributed by atoms with E-state index in [9.17, 15) is 13.2 Å². The van der Waals surface area contributed by atoms with Gasteiger partial charge in [-0.1, -0.05) is 0 Å². The molecule has 0 aromatic heterocycles. The number of hydrogen-bond acceptors (Lipinski definition) is 2. The average Bonchev–Trinajstić information content (AvgIpc) is 2.33. The van der Waals surface area contributed by atoms with E-state index in [0.29, 0.717) is 18.7 Å². The normalized spacial score (nSPS) is 20.7. The Morgan fingerprint density at radius 2 is 2.05 bits per heavy atom. The first-order chi connectivity index (χ1) is 8.79. The first-order valence-electron chi connectivity index (χ1n) is 6.16. The summed E-state index contributed by atoms with van der Waals surface area (Å²) in [5.74, 6) is -1.24. The molecule has 1 unspecified atom stereocenters. The van der Waals surface area contributed by atoms with E-state index in [2.05, 4.69) is 15.9 Å². The van der Waals surface area contributed by atoms with Gasteiger partial charge < -0.3 is 10.6 Å². The highest BCUT2D eigenvalue weighted by atomic mass is 79.9. The van der Waals surface area contributed by atoms with E-state index in [1.165, 1.54) is 0 Å². The van der Waals surface area contributed by atoms with Gasteiger partial charge in [-0.2, -0.15) is 13.2 Å². The number of halogens is 4. The number of hydrogen-bond donors (Lipinski definition) is 1. The first-order valence-corrected chi connectivity index (χ1v) is 6.95. The fourth-order valence-corrected chi connectivity index (χ4v) is 3.00. The summed E-state index contributed by atoms with van der Waals surface area (Å²) in [5, 5.41) is 0. The van der Waals surface area contributed by atoms with Crippen LogP contribution >= 0.6 is 15.9 Å². The van der Waals surface area contributed by atoms with Gasteiger partial charge in [-0.25, -0.2) is 0 Å². The van der Waals surface area contributed by atoms with Crippen molar-refractivity contribution in [3.63, 3.8) is 0 Å². The molecule has 1 aromatic rings. The van der Waals surface area contributed by atoms with Crippen LogP contribution in [-0.4, -0.2) is 19.3 Å². The lowest BCUT2D eigenvalue weighted by atomic mass is 9.97. The fraction of sp³-hybridized carbons (Fsp3) is 0.538. The number of anilines is 2. The maximum Gasteiger partial charge on any atom is 0.393 e. The van der Waals surface area contributed by atoms with Crippen LogP contribution in [0.2, 0.25) is 0 Å². The second-order valence-corrected chi connectivity index (χ2v) is 5.84. The zero-order valence-corrected chi connectivity index (χ0v) is 12.2.